The fourth-order valence-corrected chi connectivity index (χ4v) is 3.60. The lowest BCUT2D eigenvalue weighted by Crippen LogP contribution is -2.38. The van der Waals surface area contributed by atoms with Crippen LogP contribution in [0.3, 0.4) is 0 Å². The van der Waals surface area contributed by atoms with Crippen LogP contribution in [0.4, 0.5) is 0 Å². The predicted octanol–water partition coefficient (Wildman–Crippen LogP) is 1.27. The number of carboxylic acids is 1. The Morgan fingerprint density at radius 3 is 2.85 bits per heavy atom. The van der Waals surface area contributed by atoms with Gasteiger partial charge in [-0.05, 0) is 25.2 Å². The van der Waals surface area contributed by atoms with Gasteiger partial charge in [-0.2, -0.15) is 0 Å². The Morgan fingerprint density at radius 1 is 1.62 bits per heavy atom. The summed E-state index contributed by atoms with van der Waals surface area (Å²) in [6.07, 6.45) is 3.44. The number of fused-ring (bicyclic) bond motifs is 5. The molecule has 2 bridgehead atoms. The minimum Gasteiger partial charge on any atom is -0.481 e. The van der Waals surface area contributed by atoms with Crippen molar-refractivity contribution in [2.24, 2.45) is 17.3 Å². The van der Waals surface area contributed by atoms with E-state index in [0.29, 0.717) is 24.0 Å². The Kier molecular flexibility index (Phi) is 1.25. The molecule has 1 heterocycles. The second-order valence-electron chi connectivity index (χ2n) is 4.69. The van der Waals surface area contributed by atoms with Gasteiger partial charge in [0.2, 0.25) is 0 Å². The van der Waals surface area contributed by atoms with Crippen molar-refractivity contribution < 1.29 is 14.6 Å². The molecule has 13 heavy (non-hydrogen) atoms. The molecule has 2 aliphatic carbocycles. The van der Waals surface area contributed by atoms with Crippen LogP contribution in [0, 0.1) is 17.3 Å². The van der Waals surface area contributed by atoms with Gasteiger partial charge in [-0.3, -0.25) is 4.79 Å². The van der Waals surface area contributed by atoms with Gasteiger partial charge in [0.05, 0.1) is 17.6 Å². The molecule has 3 heteroatoms. The van der Waals surface area contributed by atoms with Gasteiger partial charge >= 0.3 is 5.97 Å². The molecule has 3 nitrogen and oxygen atoms in total. The lowest BCUT2D eigenvalue weighted by Gasteiger charge is -2.30. The molecular weight excluding hydrogens is 168 g/mol. The van der Waals surface area contributed by atoms with Gasteiger partial charge in [0.25, 0.3) is 0 Å². The van der Waals surface area contributed by atoms with E-state index in [1.807, 2.05) is 6.92 Å². The van der Waals surface area contributed by atoms with Crippen LogP contribution in [0.2, 0.25) is 0 Å². The molecule has 0 radical (unpaired) electrons. The number of carboxylic acid groups (broad SMARTS) is 1. The van der Waals surface area contributed by atoms with Gasteiger partial charge in [-0.1, -0.05) is 6.92 Å². The van der Waals surface area contributed by atoms with Crippen molar-refractivity contribution in [3.8, 4) is 0 Å². The highest BCUT2D eigenvalue weighted by atomic mass is 16.6. The van der Waals surface area contributed by atoms with Gasteiger partial charge < -0.3 is 9.84 Å². The summed E-state index contributed by atoms with van der Waals surface area (Å²) in [6, 6.07) is 0. The molecule has 0 aromatic carbocycles. The number of rotatable bonds is 2. The maximum absolute atomic E-state index is 11.3. The average Bonchev–Trinajstić information content (AvgIpc) is 2.73. The lowest BCUT2D eigenvalue weighted by molar-refractivity contribution is -0.152. The number of epoxide rings is 1. The Balaban J connectivity index is 1.96. The monoisotopic (exact) mass is 182 g/mol. The molecule has 72 valence electrons. The summed E-state index contributed by atoms with van der Waals surface area (Å²) in [4.78, 5) is 11.3. The summed E-state index contributed by atoms with van der Waals surface area (Å²) in [5.74, 6) is 0.257. The van der Waals surface area contributed by atoms with Crippen LogP contribution in [-0.4, -0.2) is 23.3 Å². The Hall–Kier alpha value is -0.570. The number of aliphatic carboxylic acids is 1. The van der Waals surface area contributed by atoms with E-state index in [-0.39, 0.29) is 0 Å². The maximum Gasteiger partial charge on any atom is 0.310 e. The second kappa shape index (κ2) is 2.08. The first-order valence-corrected chi connectivity index (χ1v) is 5.08. The van der Waals surface area contributed by atoms with Crippen LogP contribution >= 0.6 is 0 Å². The highest BCUT2D eigenvalue weighted by molar-refractivity contribution is 5.76. The first kappa shape index (κ1) is 7.80. The number of ether oxygens (including phenoxy) is 1. The molecule has 0 aromatic heterocycles. The Bertz CT molecular complexity index is 275. The smallest absolute Gasteiger partial charge is 0.310 e. The largest absolute Gasteiger partial charge is 0.481 e. The standard InChI is InChI=1S/C10H14O3/c1-2-10(9(11)12)4-5-3-6(10)8-7(5)13-8/h5-8H,2-4H2,1H3,(H,11,12). The first-order valence-electron chi connectivity index (χ1n) is 5.08. The van der Waals surface area contributed by atoms with Crippen molar-refractivity contribution in [3.63, 3.8) is 0 Å². The van der Waals surface area contributed by atoms with E-state index >= 15 is 0 Å². The fraction of sp³-hybridized carbons (Fsp3) is 0.900. The summed E-state index contributed by atoms with van der Waals surface area (Å²) in [7, 11) is 0. The van der Waals surface area contributed by atoms with E-state index in [4.69, 9.17) is 4.74 Å². The summed E-state index contributed by atoms with van der Waals surface area (Å²) in [5.41, 5.74) is -0.442. The van der Waals surface area contributed by atoms with Gasteiger partial charge in [0, 0.05) is 5.92 Å². The molecule has 0 aromatic rings. The zero-order valence-corrected chi connectivity index (χ0v) is 7.69. The van der Waals surface area contributed by atoms with E-state index in [9.17, 15) is 9.90 Å². The molecule has 3 aliphatic rings. The molecule has 5 unspecified atom stereocenters. The van der Waals surface area contributed by atoms with Crippen LogP contribution in [0.5, 0.6) is 0 Å². The molecule has 1 N–H and O–H groups in total. The van der Waals surface area contributed by atoms with Crippen LogP contribution < -0.4 is 0 Å². The van der Waals surface area contributed by atoms with Crippen LogP contribution in [0.1, 0.15) is 26.2 Å². The Morgan fingerprint density at radius 2 is 2.38 bits per heavy atom. The van der Waals surface area contributed by atoms with Crippen LogP contribution in [0.25, 0.3) is 0 Å². The van der Waals surface area contributed by atoms with Crippen molar-refractivity contribution in [2.45, 2.75) is 38.4 Å². The zero-order chi connectivity index (χ0) is 9.22. The molecular formula is C10H14O3. The maximum atomic E-state index is 11.3. The molecule has 1 aliphatic heterocycles. The number of carbonyl (C=O) groups is 1. The Labute approximate surface area is 77.1 Å². The van der Waals surface area contributed by atoms with Gasteiger partial charge in [-0.15, -0.1) is 0 Å². The number of hydrogen-bond donors (Lipinski definition) is 1. The van der Waals surface area contributed by atoms with Gasteiger partial charge in [0.1, 0.15) is 0 Å². The minimum absolute atomic E-state index is 0.301. The van der Waals surface area contributed by atoms with Crippen LogP contribution in [0.15, 0.2) is 0 Å². The molecule has 3 fully saturated rings. The summed E-state index contributed by atoms with van der Waals surface area (Å²) in [6.45, 7) is 1.99. The molecule has 3 rings (SSSR count). The van der Waals surface area contributed by atoms with Crippen molar-refractivity contribution in [3.05, 3.63) is 0 Å². The normalized spacial score (nSPS) is 56.4. The summed E-state index contributed by atoms with van der Waals surface area (Å²) < 4.78 is 5.48. The molecule has 0 amide bonds. The van der Waals surface area contributed by atoms with E-state index in [2.05, 4.69) is 0 Å². The zero-order valence-electron chi connectivity index (χ0n) is 7.69. The third-order valence-corrected chi connectivity index (χ3v) is 4.37. The molecule has 2 saturated carbocycles. The minimum atomic E-state index is -0.601. The quantitative estimate of drug-likeness (QED) is 0.654. The SMILES string of the molecule is CCC1(C(=O)O)CC2CC1C1OC21. The van der Waals surface area contributed by atoms with Gasteiger partial charge in [-0.25, -0.2) is 0 Å². The highest BCUT2D eigenvalue weighted by Gasteiger charge is 2.70. The van der Waals surface area contributed by atoms with Crippen molar-refractivity contribution >= 4 is 5.97 Å². The second-order valence-corrected chi connectivity index (χ2v) is 4.69. The topological polar surface area (TPSA) is 49.8 Å². The third kappa shape index (κ3) is 0.725. The molecule has 5 atom stereocenters. The summed E-state index contributed by atoms with van der Waals surface area (Å²) >= 11 is 0. The molecule has 0 spiro atoms. The van der Waals surface area contributed by atoms with Crippen molar-refractivity contribution in [1.29, 1.82) is 0 Å². The lowest BCUT2D eigenvalue weighted by atomic mass is 9.71. The van der Waals surface area contributed by atoms with Crippen LogP contribution in [-0.2, 0) is 9.53 Å². The van der Waals surface area contributed by atoms with Gasteiger partial charge in [0.15, 0.2) is 0 Å². The fourth-order valence-electron chi connectivity index (χ4n) is 3.60. The van der Waals surface area contributed by atoms with E-state index in [1.54, 1.807) is 0 Å². The average molecular weight is 182 g/mol. The third-order valence-electron chi connectivity index (χ3n) is 4.37. The van der Waals surface area contributed by atoms with E-state index < -0.39 is 11.4 Å². The number of hydrogen-bond acceptors (Lipinski definition) is 2. The summed E-state index contributed by atoms with van der Waals surface area (Å²) in [5, 5.41) is 9.27. The highest BCUT2D eigenvalue weighted by Crippen LogP contribution is 2.65. The van der Waals surface area contributed by atoms with Crippen molar-refractivity contribution in [2.75, 3.05) is 0 Å². The predicted molar refractivity (Wildman–Crippen MR) is 45.2 cm³/mol. The molecule has 1 saturated heterocycles. The van der Waals surface area contributed by atoms with E-state index in [0.717, 1.165) is 19.3 Å². The van der Waals surface area contributed by atoms with E-state index in [1.165, 1.54) is 0 Å². The first-order chi connectivity index (χ1) is 6.19. The van der Waals surface area contributed by atoms with Crippen molar-refractivity contribution in [1.82, 2.24) is 0 Å².